The van der Waals surface area contributed by atoms with E-state index in [-0.39, 0.29) is 0 Å². The van der Waals surface area contributed by atoms with Gasteiger partial charge in [0.05, 0.1) is 17.6 Å². The monoisotopic (exact) mass is 266 g/mol. The van der Waals surface area contributed by atoms with Crippen LogP contribution in [0.3, 0.4) is 0 Å². The molecule has 18 heavy (non-hydrogen) atoms. The molecule has 0 unspecified atom stereocenters. The highest BCUT2D eigenvalue weighted by Crippen LogP contribution is 2.34. The first-order valence-corrected chi connectivity index (χ1v) is 6.49. The van der Waals surface area contributed by atoms with Crippen molar-refractivity contribution in [2.24, 2.45) is 0 Å². The van der Waals surface area contributed by atoms with Gasteiger partial charge in [-0.15, -0.1) is 0 Å². The zero-order chi connectivity index (χ0) is 13.3. The summed E-state index contributed by atoms with van der Waals surface area (Å²) in [6.45, 7) is 7.15. The summed E-state index contributed by atoms with van der Waals surface area (Å²) in [5.41, 5.74) is 3.32. The van der Waals surface area contributed by atoms with E-state index in [9.17, 15) is 0 Å². The van der Waals surface area contributed by atoms with Gasteiger partial charge in [-0.2, -0.15) is 0 Å². The normalized spacial score (nSPS) is 11.4. The second-order valence-electron chi connectivity index (χ2n) is 4.76. The Hall–Kier alpha value is -1.19. The summed E-state index contributed by atoms with van der Waals surface area (Å²) in [6.07, 6.45) is 0. The molecule has 0 fully saturated rings. The first-order chi connectivity index (χ1) is 8.54. The van der Waals surface area contributed by atoms with Gasteiger partial charge in [0, 0.05) is 23.7 Å². The molecule has 0 atom stereocenters. The Bertz CT molecular complexity index is 560. The number of hydrogen-bond acceptors (Lipinski definition) is 2. The van der Waals surface area contributed by atoms with E-state index in [1.54, 1.807) is 7.11 Å². The first-order valence-electron chi connectivity index (χ1n) is 6.11. The quantitative estimate of drug-likeness (QED) is 0.887. The highest BCUT2D eigenvalue weighted by Gasteiger charge is 2.14. The lowest BCUT2D eigenvalue weighted by Gasteiger charge is -2.07. The minimum Gasteiger partial charge on any atom is -0.495 e. The summed E-state index contributed by atoms with van der Waals surface area (Å²) < 4.78 is 5.37. The van der Waals surface area contributed by atoms with Crippen LogP contribution in [0.25, 0.3) is 10.9 Å². The molecule has 1 heterocycles. The van der Waals surface area contributed by atoms with Crippen molar-refractivity contribution in [1.29, 1.82) is 0 Å². The smallest absolute Gasteiger partial charge is 0.143 e. The van der Waals surface area contributed by atoms with Crippen LogP contribution in [0.5, 0.6) is 5.75 Å². The van der Waals surface area contributed by atoms with Crippen LogP contribution in [0.15, 0.2) is 12.1 Å². The summed E-state index contributed by atoms with van der Waals surface area (Å²) in [5, 5.41) is 5.22. The molecule has 0 saturated carbocycles. The van der Waals surface area contributed by atoms with E-state index < -0.39 is 0 Å². The number of rotatable bonds is 4. The van der Waals surface area contributed by atoms with E-state index in [0.29, 0.717) is 6.04 Å². The number of nitrogens with one attached hydrogen (secondary N) is 2. The van der Waals surface area contributed by atoms with Crippen LogP contribution in [0, 0.1) is 6.92 Å². The van der Waals surface area contributed by atoms with Gasteiger partial charge in [-0.1, -0.05) is 25.4 Å². The number of benzene rings is 1. The number of fused-ring (bicyclic) bond motifs is 1. The van der Waals surface area contributed by atoms with Crippen LogP contribution in [-0.2, 0) is 6.54 Å². The maximum atomic E-state index is 6.27. The highest BCUT2D eigenvalue weighted by atomic mass is 35.5. The van der Waals surface area contributed by atoms with Crippen LogP contribution < -0.4 is 10.1 Å². The molecule has 1 aromatic carbocycles. The zero-order valence-corrected chi connectivity index (χ0v) is 12.0. The fourth-order valence-electron chi connectivity index (χ4n) is 2.10. The van der Waals surface area contributed by atoms with Gasteiger partial charge < -0.3 is 15.0 Å². The Morgan fingerprint density at radius 3 is 2.72 bits per heavy atom. The summed E-state index contributed by atoms with van der Waals surface area (Å²) in [4.78, 5) is 3.41. The number of halogens is 1. The average molecular weight is 267 g/mol. The van der Waals surface area contributed by atoms with E-state index in [1.165, 1.54) is 5.56 Å². The Morgan fingerprint density at radius 1 is 1.39 bits per heavy atom. The number of aromatic amines is 1. The summed E-state index contributed by atoms with van der Waals surface area (Å²) in [7, 11) is 1.67. The molecule has 0 aliphatic carbocycles. The topological polar surface area (TPSA) is 37.0 Å². The summed E-state index contributed by atoms with van der Waals surface area (Å²) in [6, 6.07) is 4.22. The SMILES string of the molecule is COc1ccc(Cl)c2c(C)c(CNC(C)C)[nH]c12. The van der Waals surface area contributed by atoms with Crippen molar-refractivity contribution in [1.82, 2.24) is 10.3 Å². The van der Waals surface area contributed by atoms with Crippen LogP contribution in [0.4, 0.5) is 0 Å². The van der Waals surface area contributed by atoms with Crippen LogP contribution in [0.2, 0.25) is 5.02 Å². The van der Waals surface area contributed by atoms with Crippen molar-refractivity contribution in [3.63, 3.8) is 0 Å². The third-order valence-electron chi connectivity index (χ3n) is 3.13. The van der Waals surface area contributed by atoms with Crippen molar-refractivity contribution in [3.05, 3.63) is 28.4 Å². The Balaban J connectivity index is 2.51. The maximum absolute atomic E-state index is 6.27. The maximum Gasteiger partial charge on any atom is 0.143 e. The minimum atomic E-state index is 0.452. The van der Waals surface area contributed by atoms with Gasteiger partial charge in [-0.3, -0.25) is 0 Å². The molecule has 4 heteroatoms. The molecule has 3 nitrogen and oxygen atoms in total. The number of ether oxygens (including phenoxy) is 1. The predicted molar refractivity (Wildman–Crippen MR) is 76.6 cm³/mol. The van der Waals surface area contributed by atoms with Crippen molar-refractivity contribution >= 4 is 22.5 Å². The fraction of sp³-hybridized carbons (Fsp3) is 0.429. The second-order valence-corrected chi connectivity index (χ2v) is 5.17. The molecule has 2 aromatic rings. The van der Waals surface area contributed by atoms with Gasteiger partial charge in [0.15, 0.2) is 0 Å². The fourth-order valence-corrected chi connectivity index (χ4v) is 2.40. The van der Waals surface area contributed by atoms with Crippen molar-refractivity contribution in [2.75, 3.05) is 7.11 Å². The van der Waals surface area contributed by atoms with Crippen LogP contribution in [0.1, 0.15) is 25.1 Å². The molecule has 2 rings (SSSR count). The second kappa shape index (κ2) is 5.21. The molecule has 0 radical (unpaired) electrons. The lowest BCUT2D eigenvalue weighted by Crippen LogP contribution is -2.22. The first kappa shape index (κ1) is 13.2. The molecule has 0 aliphatic heterocycles. The molecular formula is C14H19ClN2O. The molecule has 0 bridgehead atoms. The Labute approximate surface area is 112 Å². The third kappa shape index (κ3) is 2.33. The lowest BCUT2D eigenvalue weighted by molar-refractivity contribution is 0.419. The largest absolute Gasteiger partial charge is 0.495 e. The summed E-state index contributed by atoms with van der Waals surface area (Å²) in [5.74, 6) is 0.827. The molecular weight excluding hydrogens is 248 g/mol. The number of H-pyrrole nitrogens is 1. The summed E-state index contributed by atoms with van der Waals surface area (Å²) >= 11 is 6.27. The Morgan fingerprint density at radius 2 is 2.11 bits per heavy atom. The van der Waals surface area contributed by atoms with Gasteiger partial charge >= 0.3 is 0 Å². The molecule has 0 aliphatic rings. The molecule has 98 valence electrons. The van der Waals surface area contributed by atoms with Gasteiger partial charge in [0.2, 0.25) is 0 Å². The van der Waals surface area contributed by atoms with Gasteiger partial charge in [-0.05, 0) is 24.6 Å². The molecule has 0 saturated heterocycles. The molecule has 2 N–H and O–H groups in total. The van der Waals surface area contributed by atoms with E-state index in [2.05, 4.69) is 31.1 Å². The van der Waals surface area contributed by atoms with E-state index in [1.807, 2.05) is 12.1 Å². The minimum absolute atomic E-state index is 0.452. The molecule has 1 aromatic heterocycles. The number of hydrogen-bond donors (Lipinski definition) is 2. The van der Waals surface area contributed by atoms with Gasteiger partial charge in [0.25, 0.3) is 0 Å². The third-order valence-corrected chi connectivity index (χ3v) is 3.44. The Kier molecular flexibility index (Phi) is 3.83. The van der Waals surface area contributed by atoms with Crippen molar-refractivity contribution < 1.29 is 4.74 Å². The number of aryl methyl sites for hydroxylation is 1. The van der Waals surface area contributed by atoms with E-state index >= 15 is 0 Å². The number of aromatic nitrogens is 1. The zero-order valence-electron chi connectivity index (χ0n) is 11.2. The van der Waals surface area contributed by atoms with E-state index in [4.69, 9.17) is 16.3 Å². The van der Waals surface area contributed by atoms with Gasteiger partial charge in [0.1, 0.15) is 5.75 Å². The van der Waals surface area contributed by atoms with Gasteiger partial charge in [-0.25, -0.2) is 0 Å². The van der Waals surface area contributed by atoms with Crippen molar-refractivity contribution in [3.8, 4) is 5.75 Å². The standard InChI is InChI=1S/C14H19ClN2O/c1-8(2)16-7-11-9(3)13-10(15)5-6-12(18-4)14(13)17-11/h5-6,8,16-17H,7H2,1-4H3. The van der Waals surface area contributed by atoms with Crippen LogP contribution >= 0.6 is 11.6 Å². The van der Waals surface area contributed by atoms with Crippen molar-refractivity contribution in [2.45, 2.75) is 33.4 Å². The predicted octanol–water partition coefficient (Wildman–Crippen LogP) is 3.64. The highest BCUT2D eigenvalue weighted by molar-refractivity contribution is 6.36. The van der Waals surface area contributed by atoms with Crippen LogP contribution in [-0.4, -0.2) is 18.1 Å². The molecule has 0 amide bonds. The van der Waals surface area contributed by atoms with E-state index in [0.717, 1.165) is 33.9 Å². The average Bonchev–Trinajstić information content (AvgIpc) is 2.66. The number of methoxy groups -OCH3 is 1. The molecule has 0 spiro atoms. The lowest BCUT2D eigenvalue weighted by atomic mass is 10.1.